The van der Waals surface area contributed by atoms with Crippen LogP contribution >= 0.6 is 11.8 Å². The molecule has 1 aromatic carbocycles. The van der Waals surface area contributed by atoms with E-state index in [9.17, 15) is 4.39 Å². The zero-order valence-electron chi connectivity index (χ0n) is 8.50. The van der Waals surface area contributed by atoms with Crippen molar-refractivity contribution in [3.05, 3.63) is 29.6 Å². The second-order valence-electron chi connectivity index (χ2n) is 4.29. The van der Waals surface area contributed by atoms with Crippen LogP contribution in [-0.4, -0.2) is 11.8 Å². The molecule has 0 spiro atoms. The van der Waals surface area contributed by atoms with Gasteiger partial charge in [-0.05, 0) is 36.6 Å². The molecule has 1 saturated carbocycles. The second kappa shape index (κ2) is 3.80. The van der Waals surface area contributed by atoms with Gasteiger partial charge in [0.05, 0.1) is 0 Å². The molecule has 0 radical (unpaired) electrons. The Balaban J connectivity index is 1.91. The Morgan fingerprint density at radius 2 is 2.13 bits per heavy atom. The molecule has 3 heteroatoms. The van der Waals surface area contributed by atoms with Crippen molar-refractivity contribution in [2.45, 2.75) is 36.2 Å². The molecular formula is C12H14FNS. The highest BCUT2D eigenvalue weighted by atomic mass is 32.2. The summed E-state index contributed by atoms with van der Waals surface area (Å²) >= 11 is 1.65. The van der Waals surface area contributed by atoms with E-state index in [1.807, 2.05) is 6.07 Å². The van der Waals surface area contributed by atoms with Gasteiger partial charge in [0.15, 0.2) is 0 Å². The van der Waals surface area contributed by atoms with E-state index in [2.05, 4.69) is 11.4 Å². The molecule has 80 valence electrons. The molecule has 1 heterocycles. The molecule has 1 unspecified atom stereocenters. The summed E-state index contributed by atoms with van der Waals surface area (Å²) in [4.78, 5) is 0.863. The maximum Gasteiger partial charge on any atom is 0.137 e. The maximum atomic E-state index is 13.5. The minimum Gasteiger partial charge on any atom is -0.307 e. The topological polar surface area (TPSA) is 12.0 Å². The normalized spacial score (nSPS) is 25.0. The molecule has 15 heavy (non-hydrogen) atoms. The number of hydrogen-bond donors (Lipinski definition) is 1. The summed E-state index contributed by atoms with van der Waals surface area (Å²) in [6.45, 7) is 0. The van der Waals surface area contributed by atoms with Crippen LogP contribution in [0.4, 0.5) is 4.39 Å². The molecule has 1 aliphatic heterocycles. The molecule has 0 aromatic heterocycles. The molecule has 3 rings (SSSR count). The first-order valence-electron chi connectivity index (χ1n) is 5.52. The van der Waals surface area contributed by atoms with E-state index in [-0.39, 0.29) is 5.82 Å². The minimum atomic E-state index is -0.0557. The first-order chi connectivity index (χ1) is 7.34. The van der Waals surface area contributed by atoms with Gasteiger partial charge in [-0.2, -0.15) is 0 Å². The lowest BCUT2D eigenvalue weighted by molar-refractivity contribution is 0.494. The van der Waals surface area contributed by atoms with Crippen LogP contribution in [0.25, 0.3) is 0 Å². The smallest absolute Gasteiger partial charge is 0.137 e. The highest BCUT2D eigenvalue weighted by Gasteiger charge is 2.29. The molecule has 1 nitrogen and oxygen atoms in total. The van der Waals surface area contributed by atoms with Crippen LogP contribution in [0.2, 0.25) is 0 Å². The molecular weight excluding hydrogens is 209 g/mol. The van der Waals surface area contributed by atoms with Crippen LogP contribution < -0.4 is 5.32 Å². The Kier molecular flexibility index (Phi) is 2.45. The summed E-state index contributed by atoms with van der Waals surface area (Å²) in [6, 6.07) is 6.51. The van der Waals surface area contributed by atoms with Crippen molar-refractivity contribution in [3.8, 4) is 0 Å². The van der Waals surface area contributed by atoms with Crippen molar-refractivity contribution in [1.82, 2.24) is 5.32 Å². The number of nitrogens with one attached hydrogen (secondary N) is 1. The van der Waals surface area contributed by atoms with Crippen molar-refractivity contribution in [1.29, 1.82) is 0 Å². The molecule has 1 aliphatic carbocycles. The zero-order chi connectivity index (χ0) is 10.3. The summed E-state index contributed by atoms with van der Waals surface area (Å²) in [6.07, 6.45) is 3.69. The number of hydrogen-bond acceptors (Lipinski definition) is 2. The van der Waals surface area contributed by atoms with E-state index in [0.717, 1.165) is 22.6 Å². The van der Waals surface area contributed by atoms with E-state index >= 15 is 0 Å². The summed E-state index contributed by atoms with van der Waals surface area (Å²) in [5.74, 6) is 0.970. The van der Waals surface area contributed by atoms with Gasteiger partial charge in [-0.1, -0.05) is 12.1 Å². The fraction of sp³-hybridized carbons (Fsp3) is 0.500. The van der Waals surface area contributed by atoms with E-state index in [1.165, 1.54) is 12.8 Å². The van der Waals surface area contributed by atoms with Crippen LogP contribution in [0.3, 0.4) is 0 Å². The highest BCUT2D eigenvalue weighted by Crippen LogP contribution is 2.39. The number of benzene rings is 1. The van der Waals surface area contributed by atoms with Gasteiger partial charge in [-0.25, -0.2) is 4.39 Å². The number of thioether (sulfide) groups is 1. The third-order valence-electron chi connectivity index (χ3n) is 3.04. The summed E-state index contributed by atoms with van der Waals surface area (Å²) in [5.41, 5.74) is 1.16. The predicted molar refractivity (Wildman–Crippen MR) is 60.6 cm³/mol. The van der Waals surface area contributed by atoms with Crippen LogP contribution in [-0.2, 0) is 0 Å². The van der Waals surface area contributed by atoms with Gasteiger partial charge in [0.2, 0.25) is 0 Å². The molecule has 0 bridgehead atoms. The Bertz CT molecular complexity index is 376. The summed E-state index contributed by atoms with van der Waals surface area (Å²) < 4.78 is 13.5. The van der Waals surface area contributed by atoms with E-state index in [1.54, 1.807) is 17.8 Å². The van der Waals surface area contributed by atoms with Crippen molar-refractivity contribution in [3.63, 3.8) is 0 Å². The van der Waals surface area contributed by atoms with Gasteiger partial charge in [0, 0.05) is 17.0 Å². The van der Waals surface area contributed by atoms with Gasteiger partial charge in [-0.3, -0.25) is 0 Å². The minimum absolute atomic E-state index is 0.0557. The molecule has 2 aliphatic rings. The van der Waals surface area contributed by atoms with Crippen LogP contribution in [0.5, 0.6) is 0 Å². The van der Waals surface area contributed by atoms with Gasteiger partial charge < -0.3 is 5.32 Å². The lowest BCUT2D eigenvalue weighted by Gasteiger charge is -2.26. The average molecular weight is 223 g/mol. The number of fused-ring (bicyclic) bond motifs is 1. The van der Waals surface area contributed by atoms with Crippen LogP contribution in [0, 0.1) is 5.82 Å². The Hall–Kier alpha value is -0.540. The van der Waals surface area contributed by atoms with Crippen molar-refractivity contribution in [2.24, 2.45) is 0 Å². The molecule has 1 aromatic rings. The zero-order valence-corrected chi connectivity index (χ0v) is 9.32. The first-order valence-corrected chi connectivity index (χ1v) is 6.50. The largest absolute Gasteiger partial charge is 0.307 e. The SMILES string of the molecule is Fc1cccc2c1SCCC2NC1CC1. The van der Waals surface area contributed by atoms with E-state index < -0.39 is 0 Å². The van der Waals surface area contributed by atoms with Gasteiger partial charge in [0.1, 0.15) is 5.82 Å². The van der Waals surface area contributed by atoms with Gasteiger partial charge in [-0.15, -0.1) is 11.8 Å². The summed E-state index contributed by atoms with van der Waals surface area (Å²) in [5, 5.41) is 3.60. The first kappa shape index (κ1) is 9.67. The third kappa shape index (κ3) is 1.91. The van der Waals surface area contributed by atoms with Crippen LogP contribution in [0.15, 0.2) is 23.1 Å². The molecule has 1 fully saturated rings. The van der Waals surface area contributed by atoms with Crippen LogP contribution in [0.1, 0.15) is 30.9 Å². The number of halogens is 1. The van der Waals surface area contributed by atoms with Crippen molar-refractivity contribution in [2.75, 3.05) is 5.75 Å². The Labute approximate surface area is 93.4 Å². The maximum absolute atomic E-state index is 13.5. The van der Waals surface area contributed by atoms with Gasteiger partial charge in [0.25, 0.3) is 0 Å². The molecule has 1 N–H and O–H groups in total. The van der Waals surface area contributed by atoms with E-state index in [4.69, 9.17) is 0 Å². The average Bonchev–Trinajstić information content (AvgIpc) is 3.04. The third-order valence-corrected chi connectivity index (χ3v) is 4.20. The Morgan fingerprint density at radius 3 is 2.93 bits per heavy atom. The van der Waals surface area contributed by atoms with Crippen molar-refractivity contribution >= 4 is 11.8 Å². The van der Waals surface area contributed by atoms with Gasteiger partial charge >= 0.3 is 0 Å². The Morgan fingerprint density at radius 1 is 1.27 bits per heavy atom. The molecule has 0 saturated heterocycles. The lowest BCUT2D eigenvalue weighted by Crippen LogP contribution is -2.26. The summed E-state index contributed by atoms with van der Waals surface area (Å²) in [7, 11) is 0. The van der Waals surface area contributed by atoms with Crippen molar-refractivity contribution < 1.29 is 4.39 Å². The second-order valence-corrected chi connectivity index (χ2v) is 5.39. The predicted octanol–water partition coefficient (Wildman–Crippen LogP) is 3.11. The quantitative estimate of drug-likeness (QED) is 0.826. The monoisotopic (exact) mass is 223 g/mol. The fourth-order valence-electron chi connectivity index (χ4n) is 2.09. The fourth-order valence-corrected chi connectivity index (χ4v) is 3.23. The lowest BCUT2D eigenvalue weighted by atomic mass is 10.0. The highest BCUT2D eigenvalue weighted by molar-refractivity contribution is 7.99. The van der Waals surface area contributed by atoms with E-state index in [0.29, 0.717) is 12.1 Å². The number of rotatable bonds is 2. The molecule has 1 atom stereocenters. The molecule has 0 amide bonds. The standard InChI is InChI=1S/C12H14FNS/c13-10-3-1-2-9-11(14-8-4-5-8)6-7-15-12(9)10/h1-3,8,11,14H,4-7H2.